The number of nitrogens with two attached hydrogens (primary N) is 1. The van der Waals surface area contributed by atoms with Crippen LogP contribution in [-0.4, -0.2) is 17.4 Å². The zero-order valence-corrected chi connectivity index (χ0v) is 11.4. The SMILES string of the molecule is CC(C)(CNC(=O)c1sccc1Cl)C(N)=S. The van der Waals surface area contributed by atoms with Crippen molar-refractivity contribution in [1.82, 2.24) is 5.32 Å². The maximum absolute atomic E-state index is 11.7. The van der Waals surface area contributed by atoms with Crippen LogP contribution in [0.3, 0.4) is 0 Å². The second-order valence-corrected chi connectivity index (χ2v) is 5.79. The lowest BCUT2D eigenvalue weighted by atomic mass is 9.93. The smallest absolute Gasteiger partial charge is 0.262 e. The molecule has 0 aliphatic heterocycles. The quantitative estimate of drug-likeness (QED) is 0.831. The van der Waals surface area contributed by atoms with E-state index in [-0.39, 0.29) is 5.91 Å². The molecular weight excluding hydrogens is 264 g/mol. The molecule has 16 heavy (non-hydrogen) atoms. The van der Waals surface area contributed by atoms with Gasteiger partial charge in [0.15, 0.2) is 0 Å². The summed E-state index contributed by atoms with van der Waals surface area (Å²) in [5.41, 5.74) is 5.17. The number of rotatable bonds is 4. The monoisotopic (exact) mass is 276 g/mol. The van der Waals surface area contributed by atoms with Crippen molar-refractivity contribution in [2.75, 3.05) is 6.54 Å². The van der Waals surface area contributed by atoms with Crippen molar-refractivity contribution in [1.29, 1.82) is 0 Å². The Hall–Kier alpha value is -0.650. The van der Waals surface area contributed by atoms with Crippen molar-refractivity contribution >= 4 is 46.1 Å². The van der Waals surface area contributed by atoms with Crippen LogP contribution in [0, 0.1) is 5.41 Å². The predicted molar refractivity (Wildman–Crippen MR) is 72.2 cm³/mol. The highest BCUT2D eigenvalue weighted by Crippen LogP contribution is 2.22. The molecule has 0 aliphatic rings. The number of hydrogen-bond donors (Lipinski definition) is 2. The van der Waals surface area contributed by atoms with Gasteiger partial charge in [0.1, 0.15) is 4.88 Å². The van der Waals surface area contributed by atoms with Gasteiger partial charge in [0.2, 0.25) is 0 Å². The zero-order chi connectivity index (χ0) is 12.3. The van der Waals surface area contributed by atoms with Gasteiger partial charge in [-0.1, -0.05) is 37.7 Å². The third-order valence-corrected chi connectivity index (χ3v) is 4.07. The molecular formula is C10H13ClN2OS2. The highest BCUT2D eigenvalue weighted by Gasteiger charge is 2.23. The summed E-state index contributed by atoms with van der Waals surface area (Å²) in [5.74, 6) is -0.190. The van der Waals surface area contributed by atoms with Gasteiger partial charge in [0.05, 0.1) is 10.0 Å². The molecule has 0 spiro atoms. The molecule has 0 atom stereocenters. The number of halogens is 1. The van der Waals surface area contributed by atoms with E-state index < -0.39 is 5.41 Å². The lowest BCUT2D eigenvalue weighted by molar-refractivity contribution is 0.0949. The largest absolute Gasteiger partial charge is 0.393 e. The molecule has 1 aromatic heterocycles. The van der Waals surface area contributed by atoms with Gasteiger partial charge in [-0.15, -0.1) is 11.3 Å². The minimum absolute atomic E-state index is 0.190. The molecule has 0 saturated heterocycles. The Morgan fingerprint density at radius 1 is 1.69 bits per heavy atom. The highest BCUT2D eigenvalue weighted by molar-refractivity contribution is 7.80. The number of hydrogen-bond acceptors (Lipinski definition) is 3. The molecule has 6 heteroatoms. The Morgan fingerprint density at radius 2 is 2.31 bits per heavy atom. The van der Waals surface area contributed by atoms with Crippen LogP contribution in [0.2, 0.25) is 5.02 Å². The first kappa shape index (κ1) is 13.4. The van der Waals surface area contributed by atoms with Crippen LogP contribution < -0.4 is 11.1 Å². The lowest BCUT2D eigenvalue weighted by Gasteiger charge is -2.23. The molecule has 0 fully saturated rings. The molecule has 1 amide bonds. The van der Waals surface area contributed by atoms with E-state index in [0.717, 1.165) is 0 Å². The summed E-state index contributed by atoms with van der Waals surface area (Å²) in [6.07, 6.45) is 0. The number of amides is 1. The molecule has 3 nitrogen and oxygen atoms in total. The molecule has 0 bridgehead atoms. The molecule has 1 heterocycles. The predicted octanol–water partition coefficient (Wildman–Crippen LogP) is 2.44. The van der Waals surface area contributed by atoms with Crippen LogP contribution in [0.4, 0.5) is 0 Å². The van der Waals surface area contributed by atoms with Crippen LogP contribution in [-0.2, 0) is 0 Å². The molecule has 3 N–H and O–H groups in total. The summed E-state index contributed by atoms with van der Waals surface area (Å²) in [6.45, 7) is 4.16. The van der Waals surface area contributed by atoms with Gasteiger partial charge in [-0.2, -0.15) is 0 Å². The summed E-state index contributed by atoms with van der Waals surface area (Å²) in [6, 6.07) is 1.69. The summed E-state index contributed by atoms with van der Waals surface area (Å²) in [5, 5.41) is 5.01. The molecule has 0 aromatic carbocycles. The van der Waals surface area contributed by atoms with Gasteiger partial charge in [-0.25, -0.2) is 0 Å². The molecule has 1 rings (SSSR count). The fraction of sp³-hybridized carbons (Fsp3) is 0.400. The van der Waals surface area contributed by atoms with Gasteiger partial charge >= 0.3 is 0 Å². The average molecular weight is 277 g/mol. The van der Waals surface area contributed by atoms with Crippen LogP contribution >= 0.6 is 35.2 Å². The number of nitrogens with one attached hydrogen (secondary N) is 1. The van der Waals surface area contributed by atoms with E-state index in [2.05, 4.69) is 5.32 Å². The van der Waals surface area contributed by atoms with Crippen LogP contribution in [0.15, 0.2) is 11.4 Å². The van der Waals surface area contributed by atoms with Crippen molar-refractivity contribution in [2.24, 2.45) is 11.1 Å². The minimum atomic E-state index is -0.394. The Balaban J connectivity index is 2.61. The second kappa shape index (κ2) is 5.12. The van der Waals surface area contributed by atoms with E-state index in [9.17, 15) is 4.79 Å². The average Bonchev–Trinajstić information content (AvgIpc) is 2.61. The fourth-order valence-corrected chi connectivity index (χ4v) is 2.05. The molecule has 0 unspecified atom stereocenters. The minimum Gasteiger partial charge on any atom is -0.393 e. The maximum atomic E-state index is 11.7. The first-order valence-corrected chi connectivity index (χ1v) is 6.32. The van der Waals surface area contributed by atoms with Gasteiger partial charge in [0.25, 0.3) is 5.91 Å². The van der Waals surface area contributed by atoms with Crippen molar-refractivity contribution in [3.05, 3.63) is 21.3 Å². The van der Waals surface area contributed by atoms with E-state index in [1.807, 2.05) is 13.8 Å². The fourth-order valence-electron chi connectivity index (χ4n) is 0.924. The Bertz CT molecular complexity index is 415. The van der Waals surface area contributed by atoms with Crippen LogP contribution in [0.1, 0.15) is 23.5 Å². The van der Waals surface area contributed by atoms with E-state index >= 15 is 0 Å². The molecule has 88 valence electrons. The summed E-state index contributed by atoms with van der Waals surface area (Å²) >= 11 is 12.1. The second-order valence-electron chi connectivity index (χ2n) is 4.03. The normalized spacial score (nSPS) is 11.2. The zero-order valence-electron chi connectivity index (χ0n) is 9.04. The summed E-state index contributed by atoms with van der Waals surface area (Å²) in [7, 11) is 0. The van der Waals surface area contributed by atoms with Crippen molar-refractivity contribution in [3.8, 4) is 0 Å². The van der Waals surface area contributed by atoms with E-state index in [1.165, 1.54) is 11.3 Å². The molecule has 0 aliphatic carbocycles. The molecule has 0 radical (unpaired) electrons. The first-order valence-electron chi connectivity index (χ1n) is 4.65. The highest BCUT2D eigenvalue weighted by atomic mass is 35.5. The van der Waals surface area contributed by atoms with Crippen LogP contribution in [0.5, 0.6) is 0 Å². The van der Waals surface area contributed by atoms with E-state index in [4.69, 9.17) is 29.6 Å². The van der Waals surface area contributed by atoms with Crippen LogP contribution in [0.25, 0.3) is 0 Å². The van der Waals surface area contributed by atoms with Crippen molar-refractivity contribution < 1.29 is 4.79 Å². The molecule has 0 saturated carbocycles. The van der Waals surface area contributed by atoms with E-state index in [1.54, 1.807) is 11.4 Å². The number of thiocarbonyl (C=S) groups is 1. The summed E-state index contributed by atoms with van der Waals surface area (Å²) < 4.78 is 0. The van der Waals surface area contributed by atoms with Gasteiger partial charge < -0.3 is 11.1 Å². The third kappa shape index (κ3) is 3.17. The Kier molecular flexibility index (Phi) is 4.29. The Morgan fingerprint density at radius 3 is 2.75 bits per heavy atom. The standard InChI is InChI=1S/C10H13ClN2OS2/c1-10(2,9(12)15)5-13-8(14)7-6(11)3-4-16-7/h3-4H,5H2,1-2H3,(H2,12,15)(H,13,14). The summed E-state index contributed by atoms with van der Waals surface area (Å²) in [4.78, 5) is 12.6. The number of carbonyl (C=O) groups is 1. The van der Waals surface area contributed by atoms with Crippen molar-refractivity contribution in [2.45, 2.75) is 13.8 Å². The molecule has 1 aromatic rings. The van der Waals surface area contributed by atoms with E-state index in [0.29, 0.717) is 21.4 Å². The van der Waals surface area contributed by atoms with Gasteiger partial charge in [0, 0.05) is 12.0 Å². The first-order chi connectivity index (χ1) is 7.34. The number of carbonyl (C=O) groups excluding carboxylic acids is 1. The van der Waals surface area contributed by atoms with Gasteiger partial charge in [-0.05, 0) is 11.4 Å². The third-order valence-electron chi connectivity index (χ3n) is 2.18. The number of thiophene rings is 1. The Labute approximate surface area is 109 Å². The van der Waals surface area contributed by atoms with Gasteiger partial charge in [-0.3, -0.25) is 4.79 Å². The maximum Gasteiger partial charge on any atom is 0.262 e. The van der Waals surface area contributed by atoms with Crippen molar-refractivity contribution in [3.63, 3.8) is 0 Å². The topological polar surface area (TPSA) is 55.1 Å². The lowest BCUT2D eigenvalue weighted by Crippen LogP contribution is -2.41.